The smallest absolute Gasteiger partial charge is 0.408 e. The molecule has 16 heavy (non-hydrogen) atoms. The highest BCUT2D eigenvalue weighted by Gasteiger charge is 2.05. The van der Waals surface area contributed by atoms with Crippen molar-refractivity contribution in [3.05, 3.63) is 29.3 Å². The van der Waals surface area contributed by atoms with Crippen LogP contribution in [-0.2, 0) is 14.0 Å². The average Bonchev–Trinajstić information content (AvgIpc) is 2.18. The molecular formula is C8H9ClO5S2. The van der Waals surface area contributed by atoms with Crippen LogP contribution in [0.2, 0.25) is 5.02 Å². The number of halogens is 1. The lowest BCUT2D eigenvalue weighted by atomic mass is 10.3. The van der Waals surface area contributed by atoms with Gasteiger partial charge in [0.05, 0.1) is 17.4 Å². The SMILES string of the molecule is O=S(=O)(O)OSCCOc1ccccc1Cl. The third-order valence-corrected chi connectivity index (χ3v) is 3.11. The van der Waals surface area contributed by atoms with E-state index in [0.717, 1.165) is 0 Å². The van der Waals surface area contributed by atoms with E-state index in [9.17, 15) is 8.42 Å². The van der Waals surface area contributed by atoms with Crippen LogP contribution >= 0.6 is 23.6 Å². The molecule has 0 amide bonds. The van der Waals surface area contributed by atoms with Crippen LogP contribution in [-0.4, -0.2) is 25.3 Å². The Hall–Kier alpha value is -0.470. The molecule has 0 atom stereocenters. The molecule has 1 aromatic carbocycles. The number of benzene rings is 1. The number of ether oxygens (including phenoxy) is 1. The minimum absolute atomic E-state index is 0.212. The Morgan fingerprint density at radius 2 is 2.06 bits per heavy atom. The van der Waals surface area contributed by atoms with Crippen molar-refractivity contribution in [2.45, 2.75) is 0 Å². The van der Waals surface area contributed by atoms with E-state index in [0.29, 0.717) is 22.8 Å². The molecule has 0 unspecified atom stereocenters. The zero-order chi connectivity index (χ0) is 12.0. The topological polar surface area (TPSA) is 72.8 Å². The number of para-hydroxylation sites is 1. The molecule has 8 heteroatoms. The van der Waals surface area contributed by atoms with Crippen LogP contribution in [0.5, 0.6) is 5.75 Å². The summed E-state index contributed by atoms with van der Waals surface area (Å²) in [7, 11) is -4.40. The van der Waals surface area contributed by atoms with Crippen molar-refractivity contribution < 1.29 is 21.3 Å². The predicted octanol–water partition coefficient (Wildman–Crippen LogP) is 2.19. The molecule has 0 aliphatic heterocycles. The first-order valence-electron chi connectivity index (χ1n) is 4.15. The Balaban J connectivity index is 2.24. The second-order valence-electron chi connectivity index (χ2n) is 2.60. The monoisotopic (exact) mass is 284 g/mol. The van der Waals surface area contributed by atoms with Gasteiger partial charge in [0.15, 0.2) is 0 Å². The highest BCUT2D eigenvalue weighted by Crippen LogP contribution is 2.23. The molecule has 1 aromatic rings. The van der Waals surface area contributed by atoms with Crippen molar-refractivity contribution in [3.8, 4) is 5.75 Å². The lowest BCUT2D eigenvalue weighted by Crippen LogP contribution is -2.03. The highest BCUT2D eigenvalue weighted by molar-refractivity contribution is 8.02. The Labute approximate surface area is 103 Å². The van der Waals surface area contributed by atoms with Gasteiger partial charge in [-0.2, -0.15) is 12.0 Å². The second-order valence-corrected chi connectivity index (χ2v) is 5.05. The lowest BCUT2D eigenvalue weighted by Gasteiger charge is -2.06. The van der Waals surface area contributed by atoms with E-state index in [-0.39, 0.29) is 12.4 Å². The van der Waals surface area contributed by atoms with E-state index in [2.05, 4.69) is 3.63 Å². The van der Waals surface area contributed by atoms with E-state index >= 15 is 0 Å². The summed E-state index contributed by atoms with van der Waals surface area (Å²) in [6.45, 7) is 0.212. The molecule has 5 nitrogen and oxygen atoms in total. The number of hydrogen-bond acceptors (Lipinski definition) is 5. The van der Waals surface area contributed by atoms with Gasteiger partial charge in [-0.1, -0.05) is 23.7 Å². The minimum Gasteiger partial charge on any atom is -0.491 e. The molecular weight excluding hydrogens is 276 g/mol. The van der Waals surface area contributed by atoms with Gasteiger partial charge in [0.1, 0.15) is 5.75 Å². The molecule has 0 saturated heterocycles. The zero-order valence-electron chi connectivity index (χ0n) is 8.00. The van der Waals surface area contributed by atoms with Crippen molar-refractivity contribution >= 4 is 34.0 Å². The van der Waals surface area contributed by atoms with Crippen molar-refractivity contribution in [1.82, 2.24) is 0 Å². The Bertz CT molecular complexity index is 434. The van der Waals surface area contributed by atoms with Gasteiger partial charge < -0.3 is 4.74 Å². The van der Waals surface area contributed by atoms with Crippen LogP contribution in [0.25, 0.3) is 0 Å². The maximum absolute atomic E-state index is 10.2. The Kier molecular flexibility index (Phi) is 5.36. The molecule has 0 aromatic heterocycles. The van der Waals surface area contributed by atoms with E-state index in [1.54, 1.807) is 24.3 Å². The summed E-state index contributed by atoms with van der Waals surface area (Å²) >= 11 is 6.39. The van der Waals surface area contributed by atoms with Crippen molar-refractivity contribution in [2.75, 3.05) is 12.4 Å². The molecule has 0 saturated carbocycles. The Morgan fingerprint density at radius 3 is 2.69 bits per heavy atom. The van der Waals surface area contributed by atoms with Crippen LogP contribution in [0.3, 0.4) is 0 Å². The molecule has 1 N–H and O–H groups in total. The van der Waals surface area contributed by atoms with Crippen LogP contribution in [0.1, 0.15) is 0 Å². The molecule has 0 spiro atoms. The van der Waals surface area contributed by atoms with Gasteiger partial charge in [-0.15, -0.1) is 0 Å². The first-order valence-corrected chi connectivity index (χ1v) is 6.80. The first-order chi connectivity index (χ1) is 7.49. The fourth-order valence-electron chi connectivity index (χ4n) is 0.842. The van der Waals surface area contributed by atoms with Crippen molar-refractivity contribution in [1.29, 1.82) is 0 Å². The quantitative estimate of drug-likeness (QED) is 0.490. The van der Waals surface area contributed by atoms with Crippen LogP contribution in [0.15, 0.2) is 24.3 Å². The molecule has 0 aliphatic rings. The van der Waals surface area contributed by atoms with Gasteiger partial charge >= 0.3 is 10.4 Å². The fourth-order valence-corrected chi connectivity index (χ4v) is 1.94. The third-order valence-electron chi connectivity index (χ3n) is 1.39. The maximum Gasteiger partial charge on any atom is 0.408 e. The standard InChI is InChI=1S/C8H9ClO5S2/c9-7-3-1-2-4-8(7)13-5-6-15-14-16(10,11)12/h1-4H,5-6H2,(H,10,11,12). The van der Waals surface area contributed by atoms with Crippen LogP contribution in [0, 0.1) is 0 Å². The second kappa shape index (κ2) is 6.31. The van der Waals surface area contributed by atoms with E-state index in [1.165, 1.54) is 0 Å². The van der Waals surface area contributed by atoms with Gasteiger partial charge in [0, 0.05) is 12.0 Å². The summed E-state index contributed by atoms with van der Waals surface area (Å²) in [5, 5.41) is 0.475. The van der Waals surface area contributed by atoms with Gasteiger partial charge in [-0.25, -0.2) is 0 Å². The van der Waals surface area contributed by atoms with Crippen molar-refractivity contribution in [2.24, 2.45) is 0 Å². The summed E-state index contributed by atoms with van der Waals surface area (Å²) in [4.78, 5) is 0. The van der Waals surface area contributed by atoms with Crippen molar-refractivity contribution in [3.63, 3.8) is 0 Å². The zero-order valence-corrected chi connectivity index (χ0v) is 10.4. The van der Waals surface area contributed by atoms with E-state index in [1.807, 2.05) is 0 Å². The highest BCUT2D eigenvalue weighted by atomic mass is 35.5. The van der Waals surface area contributed by atoms with E-state index in [4.69, 9.17) is 20.9 Å². The third kappa shape index (κ3) is 5.57. The van der Waals surface area contributed by atoms with Crippen LogP contribution in [0.4, 0.5) is 0 Å². The fraction of sp³-hybridized carbons (Fsp3) is 0.250. The first kappa shape index (κ1) is 13.6. The molecule has 0 bridgehead atoms. The minimum atomic E-state index is -4.40. The van der Waals surface area contributed by atoms with Crippen LogP contribution < -0.4 is 4.74 Å². The van der Waals surface area contributed by atoms with Gasteiger partial charge in [-0.05, 0) is 12.1 Å². The Morgan fingerprint density at radius 1 is 1.38 bits per heavy atom. The van der Waals surface area contributed by atoms with Gasteiger partial charge in [-0.3, -0.25) is 4.55 Å². The van der Waals surface area contributed by atoms with E-state index < -0.39 is 10.4 Å². The molecule has 0 radical (unpaired) electrons. The summed E-state index contributed by atoms with van der Waals surface area (Å²) in [5.41, 5.74) is 0. The molecule has 0 heterocycles. The lowest BCUT2D eigenvalue weighted by molar-refractivity contribution is 0.342. The maximum atomic E-state index is 10.2. The molecule has 0 fully saturated rings. The summed E-state index contributed by atoms with van der Waals surface area (Å²) in [6.07, 6.45) is 0. The normalized spacial score (nSPS) is 11.4. The number of hydrogen-bond donors (Lipinski definition) is 1. The molecule has 0 aliphatic carbocycles. The largest absolute Gasteiger partial charge is 0.491 e. The summed E-state index contributed by atoms with van der Waals surface area (Å²) < 4.78 is 37.9. The predicted molar refractivity (Wildman–Crippen MR) is 62.0 cm³/mol. The molecule has 90 valence electrons. The van der Waals surface area contributed by atoms with Gasteiger partial charge in [0.25, 0.3) is 0 Å². The average molecular weight is 285 g/mol. The molecule has 1 rings (SSSR count). The summed E-state index contributed by atoms with van der Waals surface area (Å²) in [6, 6.07) is 6.91. The summed E-state index contributed by atoms with van der Waals surface area (Å²) in [5.74, 6) is 0.752. The van der Waals surface area contributed by atoms with Gasteiger partial charge in [0.2, 0.25) is 0 Å². The number of rotatable bonds is 6.